The highest BCUT2D eigenvalue weighted by Gasteiger charge is 2.48. The lowest BCUT2D eigenvalue weighted by Crippen LogP contribution is -2.47. The molecule has 0 aliphatic heterocycles. The highest BCUT2D eigenvalue weighted by molar-refractivity contribution is 5.77. The molecule has 0 saturated heterocycles. The summed E-state index contributed by atoms with van der Waals surface area (Å²) in [5.74, 6) is -1.19. The maximum Gasteiger partial charge on any atom is 0.314 e. The highest BCUT2D eigenvalue weighted by atomic mass is 16.4. The molecule has 1 N–H and O–H groups in total. The van der Waals surface area contributed by atoms with Crippen molar-refractivity contribution in [3.63, 3.8) is 0 Å². The zero-order chi connectivity index (χ0) is 17.9. The second kappa shape index (κ2) is 10.4. The van der Waals surface area contributed by atoms with Gasteiger partial charge in [0.05, 0.1) is 18.1 Å². The van der Waals surface area contributed by atoms with Crippen LogP contribution in [0.15, 0.2) is 15.0 Å². The lowest BCUT2D eigenvalue weighted by atomic mass is 9.71. The number of rotatable bonds is 11. The summed E-state index contributed by atoms with van der Waals surface area (Å²) < 4.78 is 0. The van der Waals surface area contributed by atoms with Crippen molar-refractivity contribution >= 4 is 24.2 Å². The van der Waals surface area contributed by atoms with E-state index in [4.69, 9.17) is 0 Å². The van der Waals surface area contributed by atoms with Crippen LogP contribution in [0.1, 0.15) is 46.5 Å². The molecule has 0 heterocycles. The van der Waals surface area contributed by atoms with Crippen LogP contribution in [0, 0.1) is 5.41 Å². The molecule has 0 aromatic rings. The molecule has 0 aromatic heterocycles. The van der Waals surface area contributed by atoms with Crippen LogP contribution in [0.4, 0.5) is 0 Å². The maximum atomic E-state index is 11.8. The minimum absolute atomic E-state index is 0.165. The minimum Gasteiger partial charge on any atom is -0.481 e. The lowest BCUT2D eigenvalue weighted by Gasteiger charge is -2.35. The van der Waals surface area contributed by atoms with E-state index in [0.29, 0.717) is 19.3 Å². The quantitative estimate of drug-likeness (QED) is 0.352. The van der Waals surface area contributed by atoms with Crippen LogP contribution < -0.4 is 0 Å². The number of unbranched alkanes of at least 4 members (excludes halogenated alkanes) is 1. The van der Waals surface area contributed by atoms with Gasteiger partial charge in [-0.05, 0) is 33.6 Å². The summed E-state index contributed by atoms with van der Waals surface area (Å²) in [4.78, 5) is 53.6. The standard InChI is InChI=1S/C15H21N3O5/c1-11(16-8-19)6-4-5-7-15(14(22)23,12(2)17-9-20)13(3)18-10-21/h11-13H,4-7H2,1-3H3,(H,22,23). The first kappa shape index (κ1) is 20.6. The number of aliphatic imine (C=N–C) groups is 3. The summed E-state index contributed by atoms with van der Waals surface area (Å²) >= 11 is 0. The van der Waals surface area contributed by atoms with E-state index in [1.807, 2.05) is 0 Å². The van der Waals surface area contributed by atoms with Gasteiger partial charge in [-0.25, -0.2) is 29.4 Å². The summed E-state index contributed by atoms with van der Waals surface area (Å²) in [6.45, 7) is 4.72. The highest BCUT2D eigenvalue weighted by Crippen LogP contribution is 2.37. The monoisotopic (exact) mass is 323 g/mol. The predicted molar refractivity (Wildman–Crippen MR) is 81.3 cm³/mol. The number of hydrogen-bond acceptors (Lipinski definition) is 7. The fraction of sp³-hybridized carbons (Fsp3) is 0.733. The van der Waals surface area contributed by atoms with Crippen LogP contribution in [0.2, 0.25) is 0 Å². The first-order valence-corrected chi connectivity index (χ1v) is 7.31. The molecular formula is C15H21N3O5. The van der Waals surface area contributed by atoms with Gasteiger partial charge in [0.15, 0.2) is 0 Å². The van der Waals surface area contributed by atoms with Crippen molar-refractivity contribution in [3.8, 4) is 0 Å². The summed E-state index contributed by atoms with van der Waals surface area (Å²) in [6.07, 6.45) is 6.08. The molecule has 0 aromatic carbocycles. The van der Waals surface area contributed by atoms with E-state index in [-0.39, 0.29) is 12.5 Å². The van der Waals surface area contributed by atoms with E-state index >= 15 is 0 Å². The largest absolute Gasteiger partial charge is 0.481 e. The first-order chi connectivity index (χ1) is 10.9. The third-order valence-corrected chi connectivity index (χ3v) is 4.12. The van der Waals surface area contributed by atoms with Crippen LogP contribution in [0.5, 0.6) is 0 Å². The van der Waals surface area contributed by atoms with Gasteiger partial charge in [-0.2, -0.15) is 0 Å². The van der Waals surface area contributed by atoms with Crippen molar-refractivity contribution in [1.29, 1.82) is 0 Å². The van der Waals surface area contributed by atoms with Crippen molar-refractivity contribution < 1.29 is 24.3 Å². The van der Waals surface area contributed by atoms with Gasteiger partial charge in [-0.1, -0.05) is 12.8 Å². The summed E-state index contributed by atoms with van der Waals surface area (Å²) in [5.41, 5.74) is -1.49. The van der Waals surface area contributed by atoms with Crippen LogP contribution in [-0.4, -0.2) is 47.4 Å². The van der Waals surface area contributed by atoms with Gasteiger partial charge in [0.2, 0.25) is 18.2 Å². The molecule has 23 heavy (non-hydrogen) atoms. The van der Waals surface area contributed by atoms with Gasteiger partial charge >= 0.3 is 5.97 Å². The van der Waals surface area contributed by atoms with Crippen molar-refractivity contribution in [2.45, 2.75) is 64.6 Å². The van der Waals surface area contributed by atoms with E-state index in [1.165, 1.54) is 32.1 Å². The molecule has 0 amide bonds. The zero-order valence-electron chi connectivity index (χ0n) is 13.5. The number of carbonyl (C=O) groups excluding carboxylic acids is 3. The Morgan fingerprint density at radius 3 is 1.83 bits per heavy atom. The fourth-order valence-electron chi connectivity index (χ4n) is 2.63. The molecule has 8 heteroatoms. The predicted octanol–water partition coefficient (Wildman–Crippen LogP) is 1.79. The Balaban J connectivity index is 5.25. The molecule has 3 unspecified atom stereocenters. The number of hydrogen-bond donors (Lipinski definition) is 1. The van der Waals surface area contributed by atoms with Gasteiger partial charge in [-0.3, -0.25) is 4.79 Å². The van der Waals surface area contributed by atoms with E-state index in [9.17, 15) is 24.3 Å². The molecule has 0 spiro atoms. The van der Waals surface area contributed by atoms with Crippen LogP contribution in [-0.2, 0) is 19.2 Å². The molecule has 0 bridgehead atoms. The Labute approximate surface area is 134 Å². The SMILES string of the molecule is CC(CCCCC(C(=O)O)(C(C)N=C=O)C(C)N=C=O)N=C=O. The summed E-state index contributed by atoms with van der Waals surface area (Å²) in [7, 11) is 0. The Morgan fingerprint density at radius 2 is 1.43 bits per heavy atom. The zero-order valence-corrected chi connectivity index (χ0v) is 13.5. The topological polar surface area (TPSA) is 126 Å². The molecule has 126 valence electrons. The third-order valence-electron chi connectivity index (χ3n) is 4.12. The van der Waals surface area contributed by atoms with Crippen molar-refractivity contribution in [2.24, 2.45) is 20.4 Å². The Hall–Kier alpha value is -2.39. The van der Waals surface area contributed by atoms with E-state index in [1.54, 1.807) is 6.92 Å². The maximum absolute atomic E-state index is 11.8. The smallest absolute Gasteiger partial charge is 0.314 e. The lowest BCUT2D eigenvalue weighted by molar-refractivity contribution is -0.151. The molecule has 0 radical (unpaired) electrons. The third kappa shape index (κ3) is 5.72. The number of isocyanates is 3. The van der Waals surface area contributed by atoms with Crippen LogP contribution in [0.3, 0.4) is 0 Å². The normalized spacial score (nSPS) is 16.5. The molecule has 0 rings (SSSR count). The second-order valence-corrected chi connectivity index (χ2v) is 5.45. The summed E-state index contributed by atoms with van der Waals surface area (Å²) in [6, 6.07) is -1.98. The van der Waals surface area contributed by atoms with Gasteiger partial charge < -0.3 is 5.11 Å². The molecule has 0 saturated carbocycles. The van der Waals surface area contributed by atoms with E-state index in [2.05, 4.69) is 15.0 Å². The average Bonchev–Trinajstić information content (AvgIpc) is 2.47. The molecule has 3 atom stereocenters. The number of aliphatic carboxylic acids is 1. The van der Waals surface area contributed by atoms with E-state index < -0.39 is 23.5 Å². The fourth-order valence-corrected chi connectivity index (χ4v) is 2.63. The number of carboxylic acid groups (broad SMARTS) is 1. The summed E-state index contributed by atoms with van der Waals surface area (Å²) in [5, 5.41) is 9.66. The second-order valence-electron chi connectivity index (χ2n) is 5.45. The molecular weight excluding hydrogens is 302 g/mol. The number of carbonyl (C=O) groups is 1. The Bertz CT molecular complexity index is 519. The van der Waals surface area contributed by atoms with Crippen LogP contribution >= 0.6 is 0 Å². The van der Waals surface area contributed by atoms with Gasteiger partial charge in [0.1, 0.15) is 5.41 Å². The van der Waals surface area contributed by atoms with Crippen molar-refractivity contribution in [2.75, 3.05) is 0 Å². The van der Waals surface area contributed by atoms with E-state index in [0.717, 1.165) is 0 Å². The molecule has 0 aliphatic carbocycles. The first-order valence-electron chi connectivity index (χ1n) is 7.31. The van der Waals surface area contributed by atoms with Crippen molar-refractivity contribution in [3.05, 3.63) is 0 Å². The number of carboxylic acids is 1. The Morgan fingerprint density at radius 1 is 0.957 bits per heavy atom. The minimum atomic E-state index is -1.49. The van der Waals surface area contributed by atoms with Gasteiger partial charge in [-0.15, -0.1) is 0 Å². The van der Waals surface area contributed by atoms with Gasteiger partial charge in [0.25, 0.3) is 0 Å². The Kier molecular flexibility index (Phi) is 9.28. The van der Waals surface area contributed by atoms with Gasteiger partial charge in [0, 0.05) is 0 Å². The van der Waals surface area contributed by atoms with Crippen molar-refractivity contribution in [1.82, 2.24) is 0 Å². The number of nitrogens with zero attached hydrogens (tertiary/aromatic N) is 3. The average molecular weight is 323 g/mol. The van der Waals surface area contributed by atoms with Crippen LogP contribution in [0.25, 0.3) is 0 Å². The molecule has 0 fully saturated rings. The molecule has 0 aliphatic rings. The molecule has 8 nitrogen and oxygen atoms in total.